The third-order valence-electron chi connectivity index (χ3n) is 4.56. The minimum atomic E-state index is 0.456. The molecular formula is C18H22N4. The van der Waals surface area contributed by atoms with Crippen LogP contribution < -0.4 is 5.73 Å². The molecule has 1 aliphatic rings. The summed E-state index contributed by atoms with van der Waals surface area (Å²) in [5, 5.41) is 13.9. The second kappa shape index (κ2) is 6.33. The summed E-state index contributed by atoms with van der Waals surface area (Å²) in [5.74, 6) is 0.456. The summed E-state index contributed by atoms with van der Waals surface area (Å²) in [4.78, 5) is 0. The van der Waals surface area contributed by atoms with Crippen molar-refractivity contribution < 1.29 is 0 Å². The molecule has 2 N–H and O–H groups in total. The molecule has 0 amide bonds. The van der Waals surface area contributed by atoms with Crippen molar-refractivity contribution in [3.8, 4) is 6.07 Å². The number of hydrogen-bond donors (Lipinski definition) is 1. The molecule has 22 heavy (non-hydrogen) atoms. The van der Waals surface area contributed by atoms with Crippen molar-refractivity contribution in [2.24, 2.45) is 5.73 Å². The molecule has 0 saturated carbocycles. The average Bonchev–Trinajstić information content (AvgIpc) is 2.93. The monoisotopic (exact) mass is 294 g/mol. The number of aryl methyl sites for hydroxylation is 1. The van der Waals surface area contributed by atoms with Crippen LogP contribution in [0.2, 0.25) is 0 Å². The van der Waals surface area contributed by atoms with Crippen molar-refractivity contribution >= 4 is 0 Å². The van der Waals surface area contributed by atoms with Crippen LogP contribution in [0.15, 0.2) is 24.3 Å². The zero-order valence-electron chi connectivity index (χ0n) is 13.0. The Balaban J connectivity index is 1.98. The Morgan fingerprint density at radius 1 is 1.45 bits per heavy atom. The van der Waals surface area contributed by atoms with Crippen LogP contribution in [0.1, 0.15) is 53.8 Å². The Morgan fingerprint density at radius 2 is 2.32 bits per heavy atom. The third-order valence-corrected chi connectivity index (χ3v) is 4.56. The molecule has 0 bridgehead atoms. The molecular weight excluding hydrogens is 272 g/mol. The Hall–Kier alpha value is -2.12. The highest BCUT2D eigenvalue weighted by Crippen LogP contribution is 2.34. The van der Waals surface area contributed by atoms with Crippen molar-refractivity contribution in [3.05, 3.63) is 52.3 Å². The summed E-state index contributed by atoms with van der Waals surface area (Å²) < 4.78 is 2.13. The average molecular weight is 294 g/mol. The van der Waals surface area contributed by atoms with Crippen LogP contribution in [-0.4, -0.2) is 16.3 Å². The largest absolute Gasteiger partial charge is 0.330 e. The quantitative estimate of drug-likeness (QED) is 0.942. The smallest absolute Gasteiger partial charge is 0.0991 e. The highest BCUT2D eigenvalue weighted by molar-refractivity contribution is 5.36. The highest BCUT2D eigenvalue weighted by atomic mass is 15.3. The second-order valence-corrected chi connectivity index (χ2v) is 5.96. The molecule has 0 fully saturated rings. The minimum Gasteiger partial charge on any atom is -0.330 e. The second-order valence-electron chi connectivity index (χ2n) is 5.96. The maximum absolute atomic E-state index is 9.04. The number of aromatic nitrogens is 2. The van der Waals surface area contributed by atoms with Gasteiger partial charge in [-0.15, -0.1) is 0 Å². The molecule has 4 nitrogen and oxygen atoms in total. The predicted octanol–water partition coefficient (Wildman–Crippen LogP) is 2.74. The van der Waals surface area contributed by atoms with Crippen LogP contribution in [0.25, 0.3) is 0 Å². The molecule has 0 spiro atoms. The van der Waals surface area contributed by atoms with Crippen molar-refractivity contribution in [1.82, 2.24) is 9.78 Å². The fourth-order valence-electron chi connectivity index (χ4n) is 3.50. The van der Waals surface area contributed by atoms with Gasteiger partial charge in [-0.25, -0.2) is 0 Å². The van der Waals surface area contributed by atoms with E-state index < -0.39 is 0 Å². The van der Waals surface area contributed by atoms with E-state index in [4.69, 9.17) is 16.1 Å². The number of hydrogen-bond acceptors (Lipinski definition) is 3. The third kappa shape index (κ3) is 2.65. The summed E-state index contributed by atoms with van der Waals surface area (Å²) in [7, 11) is 0. The van der Waals surface area contributed by atoms with Gasteiger partial charge in [0.05, 0.1) is 23.9 Å². The van der Waals surface area contributed by atoms with E-state index in [2.05, 4.69) is 23.7 Å². The van der Waals surface area contributed by atoms with Gasteiger partial charge in [-0.3, -0.25) is 4.68 Å². The number of rotatable bonds is 4. The number of fused-ring (bicyclic) bond motifs is 1. The topological polar surface area (TPSA) is 67.6 Å². The number of nitriles is 1. The van der Waals surface area contributed by atoms with Gasteiger partial charge in [-0.1, -0.05) is 19.1 Å². The lowest BCUT2D eigenvalue weighted by molar-refractivity contribution is 0.531. The molecule has 0 aliphatic heterocycles. The van der Waals surface area contributed by atoms with E-state index in [0.29, 0.717) is 18.0 Å². The van der Waals surface area contributed by atoms with E-state index in [1.165, 1.54) is 29.8 Å². The summed E-state index contributed by atoms with van der Waals surface area (Å²) in [6.45, 7) is 3.59. The maximum Gasteiger partial charge on any atom is 0.0991 e. The molecule has 0 radical (unpaired) electrons. The highest BCUT2D eigenvalue weighted by Gasteiger charge is 2.26. The Kier molecular flexibility index (Phi) is 4.26. The number of nitrogens with two attached hydrogens (primary N) is 1. The normalized spacial score (nSPS) is 17.0. The van der Waals surface area contributed by atoms with Gasteiger partial charge in [0.15, 0.2) is 0 Å². The van der Waals surface area contributed by atoms with Gasteiger partial charge in [-0.05, 0) is 55.8 Å². The molecule has 1 aromatic heterocycles. The zero-order valence-corrected chi connectivity index (χ0v) is 13.0. The van der Waals surface area contributed by atoms with Gasteiger partial charge < -0.3 is 5.73 Å². The summed E-state index contributed by atoms with van der Waals surface area (Å²) >= 11 is 0. The van der Waals surface area contributed by atoms with Crippen molar-refractivity contribution in [3.63, 3.8) is 0 Å². The molecule has 1 aromatic carbocycles. The summed E-state index contributed by atoms with van der Waals surface area (Å²) in [6, 6.07) is 9.98. The lowest BCUT2D eigenvalue weighted by Gasteiger charge is -2.22. The van der Waals surface area contributed by atoms with Gasteiger partial charge in [-0.2, -0.15) is 10.4 Å². The van der Waals surface area contributed by atoms with E-state index >= 15 is 0 Å². The standard InChI is InChI=1S/C18H22N4/c1-2-16-18-15(11-20)7-4-8-17(18)22(21-16)12-14-6-3-5-13(9-14)10-19/h3,5-6,9,15H,2,4,7-8,11-12,20H2,1H3. The van der Waals surface area contributed by atoms with Crippen molar-refractivity contribution in [1.29, 1.82) is 5.26 Å². The van der Waals surface area contributed by atoms with Crippen LogP contribution in [0.4, 0.5) is 0 Å². The van der Waals surface area contributed by atoms with Crippen molar-refractivity contribution in [2.75, 3.05) is 6.54 Å². The van der Waals surface area contributed by atoms with Gasteiger partial charge in [0.25, 0.3) is 0 Å². The van der Waals surface area contributed by atoms with Crippen LogP contribution in [0.5, 0.6) is 0 Å². The Morgan fingerprint density at radius 3 is 3.05 bits per heavy atom. The number of benzene rings is 1. The fraction of sp³-hybridized carbons (Fsp3) is 0.444. The van der Waals surface area contributed by atoms with Gasteiger partial charge >= 0.3 is 0 Å². The lowest BCUT2D eigenvalue weighted by atomic mass is 9.85. The van der Waals surface area contributed by atoms with E-state index in [9.17, 15) is 0 Å². The molecule has 1 unspecified atom stereocenters. The molecule has 1 aliphatic carbocycles. The van der Waals surface area contributed by atoms with E-state index in [1.807, 2.05) is 18.2 Å². The number of nitrogens with zero attached hydrogens (tertiary/aromatic N) is 3. The Bertz CT molecular complexity index is 708. The maximum atomic E-state index is 9.04. The first-order valence-corrected chi connectivity index (χ1v) is 8.04. The van der Waals surface area contributed by atoms with E-state index in [-0.39, 0.29) is 0 Å². The lowest BCUT2D eigenvalue weighted by Crippen LogP contribution is -2.20. The van der Waals surface area contributed by atoms with Gasteiger partial charge in [0.2, 0.25) is 0 Å². The van der Waals surface area contributed by atoms with Crippen LogP contribution in [-0.2, 0) is 19.4 Å². The van der Waals surface area contributed by atoms with Crippen LogP contribution in [0.3, 0.4) is 0 Å². The summed E-state index contributed by atoms with van der Waals surface area (Å²) in [5.41, 5.74) is 11.7. The van der Waals surface area contributed by atoms with Gasteiger partial charge in [0.1, 0.15) is 0 Å². The molecule has 0 saturated heterocycles. The Labute approximate surface area is 131 Å². The molecule has 2 aromatic rings. The molecule has 4 heteroatoms. The zero-order chi connectivity index (χ0) is 15.5. The molecule has 1 heterocycles. The first kappa shape index (κ1) is 14.8. The first-order chi connectivity index (χ1) is 10.8. The minimum absolute atomic E-state index is 0.456. The van der Waals surface area contributed by atoms with Gasteiger partial charge in [0, 0.05) is 11.3 Å². The predicted molar refractivity (Wildman–Crippen MR) is 86.6 cm³/mol. The SMILES string of the molecule is CCc1nn(Cc2cccc(C#N)c2)c2c1C(CN)CCC2. The van der Waals surface area contributed by atoms with E-state index in [0.717, 1.165) is 24.9 Å². The first-order valence-electron chi connectivity index (χ1n) is 8.04. The molecule has 1 atom stereocenters. The van der Waals surface area contributed by atoms with E-state index in [1.54, 1.807) is 0 Å². The fourth-order valence-corrected chi connectivity index (χ4v) is 3.50. The molecule has 114 valence electrons. The van der Waals surface area contributed by atoms with Crippen LogP contribution in [0, 0.1) is 11.3 Å². The van der Waals surface area contributed by atoms with Crippen LogP contribution >= 0.6 is 0 Å². The molecule has 3 rings (SSSR count). The summed E-state index contributed by atoms with van der Waals surface area (Å²) in [6.07, 6.45) is 4.38. The van der Waals surface area contributed by atoms with Crippen molar-refractivity contribution in [2.45, 2.75) is 45.1 Å².